The molecule has 0 aliphatic rings. The lowest BCUT2D eigenvalue weighted by molar-refractivity contribution is -0.870. The minimum atomic E-state index is -4.67. The van der Waals surface area contributed by atoms with Crippen LogP contribution >= 0.6 is 7.82 Å². The maximum absolute atomic E-state index is 12.6. The summed E-state index contributed by atoms with van der Waals surface area (Å²) in [6, 6.07) is 0. The van der Waals surface area contributed by atoms with Crippen LogP contribution in [-0.2, 0) is 32.7 Å². The summed E-state index contributed by atoms with van der Waals surface area (Å²) in [5.74, 6) is -1.02. The molecule has 0 aliphatic carbocycles. The van der Waals surface area contributed by atoms with Crippen LogP contribution in [0.5, 0.6) is 0 Å². The molecule has 332 valence electrons. The molecule has 0 saturated heterocycles. The molecule has 12 heteroatoms. The Kier molecular flexibility index (Phi) is 35.3. The van der Waals surface area contributed by atoms with E-state index in [1.54, 1.807) is 36.5 Å². The molecule has 11 nitrogen and oxygen atoms in total. The van der Waals surface area contributed by atoms with Gasteiger partial charge in [-0.2, -0.15) is 0 Å². The van der Waals surface area contributed by atoms with E-state index in [-0.39, 0.29) is 26.1 Å². The molecular weight excluding hydrogens is 757 g/mol. The first-order valence-corrected chi connectivity index (χ1v) is 23.0. The van der Waals surface area contributed by atoms with Gasteiger partial charge in [-0.15, -0.1) is 0 Å². The number of hydrogen-bond donors (Lipinski definition) is 2. The van der Waals surface area contributed by atoms with E-state index >= 15 is 0 Å². The average Bonchev–Trinajstić information content (AvgIpc) is 3.16. The van der Waals surface area contributed by atoms with Crippen LogP contribution in [0.4, 0.5) is 0 Å². The van der Waals surface area contributed by atoms with Crippen LogP contribution in [0.2, 0.25) is 0 Å². The summed E-state index contributed by atoms with van der Waals surface area (Å²) in [7, 11) is 1.04. The van der Waals surface area contributed by atoms with Gasteiger partial charge in [-0.1, -0.05) is 137 Å². The number of quaternary nitrogens is 1. The van der Waals surface area contributed by atoms with Crippen LogP contribution in [0.15, 0.2) is 85.1 Å². The smallest absolute Gasteiger partial charge is 0.306 e. The Morgan fingerprint density at radius 1 is 0.655 bits per heavy atom. The van der Waals surface area contributed by atoms with Crippen molar-refractivity contribution in [1.29, 1.82) is 0 Å². The van der Waals surface area contributed by atoms with Crippen LogP contribution in [0.25, 0.3) is 0 Å². The van der Waals surface area contributed by atoms with Gasteiger partial charge in [0.25, 0.3) is 7.82 Å². The van der Waals surface area contributed by atoms with Crippen molar-refractivity contribution >= 4 is 19.8 Å². The van der Waals surface area contributed by atoms with E-state index in [4.69, 9.17) is 18.5 Å². The Hall–Kier alpha value is -2.89. The first-order valence-electron chi connectivity index (χ1n) is 21.5. The van der Waals surface area contributed by atoms with E-state index < -0.39 is 44.7 Å². The molecule has 0 amide bonds. The third kappa shape index (κ3) is 39.9. The highest BCUT2D eigenvalue weighted by Gasteiger charge is 2.21. The standard InChI is InChI=1S/C46H78NO10P/c1-6-8-10-11-12-13-14-15-16-17-18-23-31-37-46(51)57-44(41-56-58(52,53)55-39-38-47(3,4)5)40-54-45(50)36-30-22-20-19-21-27-33-43(49)35-29-25-24-28-34-42(48)32-26-9-7-2/h9,13-14,20-22,24-29,34-35,42-44,48-49H,6-8,10-12,15-19,23,30-33,36-41H2,1-5H3/b14-13-,22-20-,25-24-,26-9-,27-21-,34-28+,35-29+/t42-,43+,44-/m1/s1. The molecule has 0 bridgehead atoms. The number of rotatable bonds is 37. The van der Waals surface area contributed by atoms with Crippen molar-refractivity contribution in [2.75, 3.05) is 47.5 Å². The summed E-state index contributed by atoms with van der Waals surface area (Å²) >= 11 is 0. The molecule has 0 radical (unpaired) electrons. The number of carbonyl (C=O) groups excluding carboxylic acids is 2. The van der Waals surface area contributed by atoms with Gasteiger partial charge in [0, 0.05) is 12.8 Å². The summed E-state index contributed by atoms with van der Waals surface area (Å²) < 4.78 is 33.7. The third-order valence-corrected chi connectivity index (χ3v) is 9.54. The van der Waals surface area contributed by atoms with Crippen LogP contribution in [0.1, 0.15) is 129 Å². The molecule has 0 aromatic rings. The molecule has 0 spiro atoms. The number of aliphatic hydroxyl groups excluding tert-OH is 2. The predicted octanol–water partition coefficient (Wildman–Crippen LogP) is 9.33. The van der Waals surface area contributed by atoms with Gasteiger partial charge in [0.2, 0.25) is 0 Å². The summed E-state index contributed by atoms with van der Waals surface area (Å²) in [6.07, 6.45) is 39.8. The molecule has 0 aromatic carbocycles. The number of esters is 2. The molecule has 0 heterocycles. The predicted molar refractivity (Wildman–Crippen MR) is 234 cm³/mol. The molecule has 0 fully saturated rings. The lowest BCUT2D eigenvalue weighted by Crippen LogP contribution is -2.37. The zero-order valence-electron chi connectivity index (χ0n) is 36.4. The first-order chi connectivity index (χ1) is 27.8. The number of phosphoric ester groups is 1. The van der Waals surface area contributed by atoms with E-state index in [0.717, 1.165) is 44.9 Å². The summed E-state index contributed by atoms with van der Waals surface area (Å²) in [6.45, 7) is 3.77. The minimum Gasteiger partial charge on any atom is -0.756 e. The zero-order chi connectivity index (χ0) is 43.2. The van der Waals surface area contributed by atoms with Gasteiger partial charge in [0.1, 0.15) is 19.8 Å². The second kappa shape index (κ2) is 37.1. The fraction of sp³-hybridized carbons (Fsp3) is 0.652. The van der Waals surface area contributed by atoms with Gasteiger partial charge in [-0.3, -0.25) is 14.2 Å². The van der Waals surface area contributed by atoms with E-state index in [1.165, 1.54) is 25.7 Å². The van der Waals surface area contributed by atoms with Gasteiger partial charge in [0.05, 0.1) is 40.0 Å². The molecule has 2 N–H and O–H groups in total. The highest BCUT2D eigenvalue weighted by molar-refractivity contribution is 7.45. The van der Waals surface area contributed by atoms with Gasteiger partial charge in [-0.25, -0.2) is 0 Å². The van der Waals surface area contributed by atoms with Crippen molar-refractivity contribution in [3.63, 3.8) is 0 Å². The van der Waals surface area contributed by atoms with Crippen molar-refractivity contribution < 1.29 is 52.3 Å². The third-order valence-electron chi connectivity index (χ3n) is 8.58. The fourth-order valence-corrected chi connectivity index (χ4v) is 5.87. The number of nitrogens with zero attached hydrogens (tertiary/aromatic N) is 1. The largest absolute Gasteiger partial charge is 0.756 e. The van der Waals surface area contributed by atoms with E-state index in [0.29, 0.717) is 43.1 Å². The molecule has 4 atom stereocenters. The van der Waals surface area contributed by atoms with Crippen molar-refractivity contribution in [1.82, 2.24) is 0 Å². The monoisotopic (exact) mass is 836 g/mol. The lowest BCUT2D eigenvalue weighted by atomic mass is 10.1. The van der Waals surface area contributed by atoms with Crippen molar-refractivity contribution in [3.05, 3.63) is 85.1 Å². The molecular formula is C46H78NO10P. The molecule has 0 aliphatic heterocycles. The number of unbranched alkanes of at least 4 members (excludes halogenated alkanes) is 9. The summed E-state index contributed by atoms with van der Waals surface area (Å²) in [5.41, 5.74) is 0. The highest BCUT2D eigenvalue weighted by Crippen LogP contribution is 2.38. The highest BCUT2D eigenvalue weighted by atomic mass is 31.2. The van der Waals surface area contributed by atoms with Gasteiger partial charge >= 0.3 is 11.9 Å². The minimum absolute atomic E-state index is 0.0662. The number of likely N-dealkylation sites (N-methyl/N-ethyl adjacent to an activating group) is 1. The molecule has 0 saturated carbocycles. The quantitative estimate of drug-likeness (QED) is 0.0155. The van der Waals surface area contributed by atoms with Crippen molar-refractivity contribution in [3.8, 4) is 0 Å². The molecule has 0 aromatic heterocycles. The molecule has 1 unspecified atom stereocenters. The number of ether oxygens (including phenoxy) is 2. The topological polar surface area (TPSA) is 152 Å². The van der Waals surface area contributed by atoms with E-state index in [1.807, 2.05) is 64.5 Å². The van der Waals surface area contributed by atoms with Crippen LogP contribution in [0, 0.1) is 0 Å². The second-order valence-corrected chi connectivity index (χ2v) is 16.8. The normalized spacial score (nSPS) is 15.5. The van der Waals surface area contributed by atoms with Crippen LogP contribution in [-0.4, -0.2) is 92.5 Å². The maximum atomic E-state index is 12.6. The Balaban J connectivity index is 4.63. The number of carbonyl (C=O) groups is 2. The van der Waals surface area contributed by atoms with E-state index in [9.17, 15) is 29.3 Å². The molecule has 58 heavy (non-hydrogen) atoms. The number of phosphoric acid groups is 1. The Labute approximate surface area is 351 Å². The number of hydrogen-bond acceptors (Lipinski definition) is 10. The number of allylic oxidation sites excluding steroid dienone is 10. The van der Waals surface area contributed by atoms with Gasteiger partial charge in [0.15, 0.2) is 6.10 Å². The first kappa shape index (κ1) is 55.1. The SMILES string of the molecule is CC/C=C\C[C@@H](O)/C=C/C=C\C=C\[C@@H](O)C/C=C\C/C=C\CCC(=O)OC[C@H](COP(=O)([O-])OCC[N+](C)(C)C)OC(=O)CCCCCCC/C=C\CCCCCC. The average molecular weight is 836 g/mol. The Morgan fingerprint density at radius 2 is 1.22 bits per heavy atom. The number of aliphatic hydroxyl groups is 2. The fourth-order valence-electron chi connectivity index (χ4n) is 5.14. The Morgan fingerprint density at radius 3 is 1.84 bits per heavy atom. The van der Waals surface area contributed by atoms with Gasteiger partial charge < -0.3 is 38.1 Å². The van der Waals surface area contributed by atoms with Gasteiger partial charge in [-0.05, 0) is 64.2 Å². The van der Waals surface area contributed by atoms with Crippen LogP contribution in [0.3, 0.4) is 0 Å². The maximum Gasteiger partial charge on any atom is 0.306 e. The zero-order valence-corrected chi connectivity index (χ0v) is 37.3. The van der Waals surface area contributed by atoms with Crippen molar-refractivity contribution in [2.24, 2.45) is 0 Å². The summed E-state index contributed by atoms with van der Waals surface area (Å²) in [4.78, 5) is 37.5. The summed E-state index contributed by atoms with van der Waals surface area (Å²) in [5, 5.41) is 20.0. The second-order valence-electron chi connectivity index (χ2n) is 15.4. The van der Waals surface area contributed by atoms with E-state index in [2.05, 4.69) is 19.1 Å². The van der Waals surface area contributed by atoms with Crippen molar-refractivity contribution in [2.45, 2.75) is 148 Å². The van der Waals surface area contributed by atoms with Crippen LogP contribution < -0.4 is 4.89 Å². The molecule has 0 rings (SSSR count). The lowest BCUT2D eigenvalue weighted by Gasteiger charge is -2.28. The Bertz CT molecular complexity index is 1300.